The number of hydrogen-bond acceptors (Lipinski definition) is 4. The van der Waals surface area contributed by atoms with Gasteiger partial charge >= 0.3 is 6.09 Å². The number of piperidine rings is 1. The van der Waals surface area contributed by atoms with Gasteiger partial charge in [-0.15, -0.1) is 0 Å². The van der Waals surface area contributed by atoms with Gasteiger partial charge < -0.3 is 20.7 Å². The Morgan fingerprint density at radius 3 is 2.82 bits per heavy atom. The van der Waals surface area contributed by atoms with E-state index in [9.17, 15) is 9.59 Å². The van der Waals surface area contributed by atoms with E-state index in [-0.39, 0.29) is 18.6 Å². The zero-order chi connectivity index (χ0) is 15.9. The molecule has 2 atom stereocenters. The number of benzene rings is 1. The molecule has 0 spiro atoms. The molecule has 22 heavy (non-hydrogen) atoms. The van der Waals surface area contributed by atoms with Crippen LogP contribution in [0.5, 0.6) is 0 Å². The van der Waals surface area contributed by atoms with E-state index in [0.717, 1.165) is 18.4 Å². The monoisotopic (exact) mass is 305 g/mol. The van der Waals surface area contributed by atoms with Crippen LogP contribution in [0, 0.1) is 0 Å². The quantitative estimate of drug-likeness (QED) is 0.877. The molecule has 6 nitrogen and oxygen atoms in total. The minimum absolute atomic E-state index is 0.0795. The number of ether oxygens (including phenoxy) is 1. The lowest BCUT2D eigenvalue weighted by Gasteiger charge is -2.33. The summed E-state index contributed by atoms with van der Waals surface area (Å²) >= 11 is 0. The van der Waals surface area contributed by atoms with Crippen molar-refractivity contribution < 1.29 is 14.3 Å². The van der Waals surface area contributed by atoms with Crippen molar-refractivity contribution in [3.8, 4) is 0 Å². The van der Waals surface area contributed by atoms with Gasteiger partial charge in [0.25, 0.3) is 0 Å². The van der Waals surface area contributed by atoms with Crippen LogP contribution in [-0.4, -0.2) is 42.1 Å². The molecule has 120 valence electrons. The summed E-state index contributed by atoms with van der Waals surface area (Å²) in [6.45, 7) is 3.09. The number of hydrogen-bond donors (Lipinski definition) is 2. The number of nitrogens with two attached hydrogens (primary N) is 1. The van der Waals surface area contributed by atoms with Crippen molar-refractivity contribution in [3.05, 3.63) is 35.9 Å². The first-order valence-corrected chi connectivity index (χ1v) is 7.58. The number of alkyl carbamates (subject to hydrolysis) is 1. The van der Waals surface area contributed by atoms with E-state index in [1.54, 1.807) is 11.8 Å². The standard InChI is InChI=1S/C16H23N3O3/c1-12(17)15(20)19-9-5-8-14(10-19)18-16(21)22-11-13-6-3-2-4-7-13/h2-4,6-7,12,14H,5,8-11,17H2,1H3,(H,18,21). The average Bonchev–Trinajstić information content (AvgIpc) is 2.53. The lowest BCUT2D eigenvalue weighted by Crippen LogP contribution is -2.52. The van der Waals surface area contributed by atoms with Crippen LogP contribution in [0.3, 0.4) is 0 Å². The number of rotatable bonds is 4. The molecule has 1 fully saturated rings. The molecular weight excluding hydrogens is 282 g/mol. The SMILES string of the molecule is CC(N)C(=O)N1CCCC(NC(=O)OCc2ccccc2)C1. The van der Waals surface area contributed by atoms with Crippen molar-refractivity contribution in [2.75, 3.05) is 13.1 Å². The second kappa shape index (κ2) is 7.79. The molecule has 6 heteroatoms. The van der Waals surface area contributed by atoms with Gasteiger partial charge in [0, 0.05) is 19.1 Å². The van der Waals surface area contributed by atoms with Gasteiger partial charge in [-0.3, -0.25) is 4.79 Å². The lowest BCUT2D eigenvalue weighted by atomic mass is 10.1. The third-order valence-corrected chi connectivity index (χ3v) is 3.66. The summed E-state index contributed by atoms with van der Waals surface area (Å²) < 4.78 is 5.20. The van der Waals surface area contributed by atoms with Crippen molar-refractivity contribution in [2.24, 2.45) is 5.73 Å². The molecular formula is C16H23N3O3. The molecule has 1 aromatic carbocycles. The van der Waals surface area contributed by atoms with Gasteiger partial charge in [0.15, 0.2) is 0 Å². The highest BCUT2D eigenvalue weighted by atomic mass is 16.5. The normalized spacial score (nSPS) is 19.4. The third kappa shape index (κ3) is 4.73. The zero-order valence-corrected chi connectivity index (χ0v) is 12.8. The van der Waals surface area contributed by atoms with Gasteiger partial charge in [-0.05, 0) is 25.3 Å². The van der Waals surface area contributed by atoms with Gasteiger partial charge in [0.05, 0.1) is 6.04 Å². The van der Waals surface area contributed by atoms with E-state index in [1.165, 1.54) is 0 Å². The minimum atomic E-state index is -0.510. The smallest absolute Gasteiger partial charge is 0.407 e. The molecule has 1 aromatic rings. The van der Waals surface area contributed by atoms with E-state index >= 15 is 0 Å². The van der Waals surface area contributed by atoms with Crippen molar-refractivity contribution in [1.29, 1.82) is 0 Å². The fourth-order valence-corrected chi connectivity index (χ4v) is 2.51. The Hall–Kier alpha value is -2.08. The van der Waals surface area contributed by atoms with Crippen molar-refractivity contribution in [2.45, 2.75) is 38.5 Å². The molecule has 1 aliphatic heterocycles. The van der Waals surface area contributed by atoms with Crippen LogP contribution in [0.1, 0.15) is 25.3 Å². The molecule has 0 bridgehead atoms. The Balaban J connectivity index is 1.77. The average molecular weight is 305 g/mol. The number of nitrogens with one attached hydrogen (secondary N) is 1. The second-order valence-corrected chi connectivity index (χ2v) is 5.62. The van der Waals surface area contributed by atoms with Crippen LogP contribution >= 0.6 is 0 Å². The second-order valence-electron chi connectivity index (χ2n) is 5.62. The molecule has 1 heterocycles. The summed E-state index contributed by atoms with van der Waals surface area (Å²) in [7, 11) is 0. The molecule has 1 aliphatic rings. The number of amides is 2. The van der Waals surface area contributed by atoms with Crippen molar-refractivity contribution in [3.63, 3.8) is 0 Å². The number of likely N-dealkylation sites (tertiary alicyclic amines) is 1. The highest BCUT2D eigenvalue weighted by Crippen LogP contribution is 2.11. The Morgan fingerprint density at radius 1 is 1.41 bits per heavy atom. The van der Waals surface area contributed by atoms with Crippen LogP contribution in [-0.2, 0) is 16.1 Å². The summed E-state index contributed by atoms with van der Waals surface area (Å²) in [6, 6.07) is 8.91. The largest absolute Gasteiger partial charge is 0.445 e. The van der Waals surface area contributed by atoms with E-state index in [0.29, 0.717) is 13.1 Å². The number of carbonyl (C=O) groups excluding carboxylic acids is 2. The molecule has 1 saturated heterocycles. The first kappa shape index (κ1) is 16.3. The summed E-state index contributed by atoms with van der Waals surface area (Å²) in [5.74, 6) is -0.0795. The Morgan fingerprint density at radius 2 is 2.14 bits per heavy atom. The minimum Gasteiger partial charge on any atom is -0.445 e. The third-order valence-electron chi connectivity index (χ3n) is 3.66. The first-order valence-electron chi connectivity index (χ1n) is 7.58. The lowest BCUT2D eigenvalue weighted by molar-refractivity contribution is -0.133. The molecule has 0 radical (unpaired) electrons. The van der Waals surface area contributed by atoms with Gasteiger partial charge in [0.1, 0.15) is 6.61 Å². The van der Waals surface area contributed by atoms with Crippen LogP contribution < -0.4 is 11.1 Å². The summed E-state index contributed by atoms with van der Waals surface area (Å²) in [4.78, 5) is 25.4. The summed E-state index contributed by atoms with van der Waals surface area (Å²) in [6.07, 6.45) is 1.23. The molecule has 2 rings (SSSR count). The number of nitrogens with zero attached hydrogens (tertiary/aromatic N) is 1. The fraction of sp³-hybridized carbons (Fsp3) is 0.500. The van der Waals surface area contributed by atoms with E-state index in [1.807, 2.05) is 30.3 Å². The topological polar surface area (TPSA) is 84.7 Å². The van der Waals surface area contributed by atoms with Gasteiger partial charge in [-0.25, -0.2) is 4.79 Å². The van der Waals surface area contributed by atoms with Gasteiger partial charge in [-0.1, -0.05) is 30.3 Å². The summed E-state index contributed by atoms with van der Waals surface area (Å²) in [5.41, 5.74) is 6.56. The van der Waals surface area contributed by atoms with Crippen molar-refractivity contribution >= 4 is 12.0 Å². The molecule has 3 N–H and O–H groups in total. The molecule has 0 saturated carbocycles. The Kier molecular flexibility index (Phi) is 5.77. The van der Waals surface area contributed by atoms with E-state index in [4.69, 9.17) is 10.5 Å². The first-order chi connectivity index (χ1) is 10.6. The van der Waals surface area contributed by atoms with Crippen LogP contribution in [0.2, 0.25) is 0 Å². The van der Waals surface area contributed by atoms with E-state index < -0.39 is 12.1 Å². The van der Waals surface area contributed by atoms with Crippen LogP contribution in [0.4, 0.5) is 4.79 Å². The predicted molar refractivity (Wildman–Crippen MR) is 83.0 cm³/mol. The number of carbonyl (C=O) groups is 2. The van der Waals surface area contributed by atoms with Crippen LogP contribution in [0.15, 0.2) is 30.3 Å². The highest BCUT2D eigenvalue weighted by molar-refractivity contribution is 5.81. The Bertz CT molecular complexity index is 505. The highest BCUT2D eigenvalue weighted by Gasteiger charge is 2.26. The van der Waals surface area contributed by atoms with Gasteiger partial charge in [-0.2, -0.15) is 0 Å². The maximum Gasteiger partial charge on any atom is 0.407 e. The molecule has 2 amide bonds. The summed E-state index contributed by atoms with van der Waals surface area (Å²) in [5, 5.41) is 2.82. The van der Waals surface area contributed by atoms with Crippen LogP contribution in [0.25, 0.3) is 0 Å². The van der Waals surface area contributed by atoms with E-state index in [2.05, 4.69) is 5.32 Å². The maximum atomic E-state index is 11.9. The molecule has 0 aromatic heterocycles. The maximum absolute atomic E-state index is 11.9. The van der Waals surface area contributed by atoms with Crippen molar-refractivity contribution in [1.82, 2.24) is 10.2 Å². The Labute approximate surface area is 130 Å². The fourth-order valence-electron chi connectivity index (χ4n) is 2.51. The zero-order valence-electron chi connectivity index (χ0n) is 12.8. The predicted octanol–water partition coefficient (Wildman–Crippen LogP) is 1.25. The molecule has 0 aliphatic carbocycles. The van der Waals surface area contributed by atoms with Gasteiger partial charge in [0.2, 0.25) is 5.91 Å². The molecule has 2 unspecified atom stereocenters.